The van der Waals surface area contributed by atoms with E-state index in [9.17, 15) is 4.79 Å². The Morgan fingerprint density at radius 3 is 2.35 bits per heavy atom. The van der Waals surface area contributed by atoms with Crippen LogP contribution in [-0.4, -0.2) is 55.1 Å². The molecule has 1 aromatic carbocycles. The molecule has 2 N–H and O–H groups in total. The average molecular weight is 359 g/mol. The van der Waals surface area contributed by atoms with E-state index in [2.05, 4.69) is 51.6 Å². The van der Waals surface area contributed by atoms with E-state index in [1.54, 1.807) is 0 Å². The van der Waals surface area contributed by atoms with Gasteiger partial charge in [-0.2, -0.15) is 0 Å². The number of carbonyl (C=O) groups is 1. The van der Waals surface area contributed by atoms with Gasteiger partial charge in [0.2, 0.25) is 0 Å². The molecule has 1 aliphatic heterocycles. The molecule has 0 spiro atoms. The second-order valence-electron chi connectivity index (χ2n) is 7.69. The fourth-order valence-electron chi connectivity index (χ4n) is 4.08. The third-order valence-electron chi connectivity index (χ3n) is 5.89. The quantitative estimate of drug-likeness (QED) is 0.788. The van der Waals surface area contributed by atoms with Gasteiger partial charge in [-0.1, -0.05) is 44.0 Å². The molecule has 1 heterocycles. The van der Waals surface area contributed by atoms with Crippen molar-refractivity contribution in [3.8, 4) is 0 Å². The Bertz CT molecular complexity index is 563. The standard InChI is InChI=1S/C21H34N4O/c1-2-24-11-13-25(14-12-24)17-20-10-6-5-9-19(20)16-23-21(26)22-15-18-7-3-4-8-18/h5-6,9-10,18H,2-4,7-8,11-17H2,1H3,(H2,22,23,26). The number of urea groups is 1. The molecule has 0 radical (unpaired) electrons. The van der Waals surface area contributed by atoms with Crippen LogP contribution in [0.4, 0.5) is 4.79 Å². The summed E-state index contributed by atoms with van der Waals surface area (Å²) < 4.78 is 0. The lowest BCUT2D eigenvalue weighted by Crippen LogP contribution is -2.45. The Morgan fingerprint density at radius 2 is 1.65 bits per heavy atom. The van der Waals surface area contributed by atoms with Crippen molar-refractivity contribution in [2.75, 3.05) is 39.3 Å². The van der Waals surface area contributed by atoms with Gasteiger partial charge in [0, 0.05) is 45.8 Å². The molecule has 1 saturated carbocycles. The second kappa shape index (κ2) is 9.93. The first-order valence-electron chi connectivity index (χ1n) is 10.3. The van der Waals surface area contributed by atoms with Crippen molar-refractivity contribution in [3.63, 3.8) is 0 Å². The molecule has 144 valence electrons. The Labute approximate surface area is 158 Å². The number of carbonyl (C=O) groups excluding carboxylic acids is 1. The van der Waals surface area contributed by atoms with Crippen LogP contribution in [0, 0.1) is 5.92 Å². The SMILES string of the molecule is CCN1CCN(Cc2ccccc2CNC(=O)NCC2CCCC2)CC1. The summed E-state index contributed by atoms with van der Waals surface area (Å²) >= 11 is 0. The van der Waals surface area contributed by atoms with Gasteiger partial charge in [-0.3, -0.25) is 4.90 Å². The van der Waals surface area contributed by atoms with Gasteiger partial charge in [0.05, 0.1) is 0 Å². The lowest BCUT2D eigenvalue weighted by molar-refractivity contribution is 0.131. The highest BCUT2D eigenvalue weighted by Gasteiger charge is 2.17. The van der Waals surface area contributed by atoms with Crippen molar-refractivity contribution in [2.24, 2.45) is 5.92 Å². The molecule has 0 aromatic heterocycles. The maximum Gasteiger partial charge on any atom is 0.315 e. The van der Waals surface area contributed by atoms with Crippen molar-refractivity contribution in [2.45, 2.75) is 45.7 Å². The van der Waals surface area contributed by atoms with E-state index in [1.165, 1.54) is 36.8 Å². The van der Waals surface area contributed by atoms with Crippen LogP contribution in [0.3, 0.4) is 0 Å². The summed E-state index contributed by atoms with van der Waals surface area (Å²) in [6.45, 7) is 10.3. The van der Waals surface area contributed by atoms with Crippen LogP contribution in [-0.2, 0) is 13.1 Å². The van der Waals surface area contributed by atoms with E-state index in [4.69, 9.17) is 0 Å². The van der Waals surface area contributed by atoms with Gasteiger partial charge in [-0.25, -0.2) is 4.79 Å². The summed E-state index contributed by atoms with van der Waals surface area (Å²) in [6.07, 6.45) is 5.14. The average Bonchev–Trinajstić information content (AvgIpc) is 3.20. The minimum absolute atomic E-state index is 0.0386. The number of nitrogens with one attached hydrogen (secondary N) is 2. The van der Waals surface area contributed by atoms with E-state index >= 15 is 0 Å². The van der Waals surface area contributed by atoms with Gasteiger partial charge in [0.1, 0.15) is 0 Å². The van der Waals surface area contributed by atoms with Gasteiger partial charge < -0.3 is 15.5 Å². The molecular formula is C21H34N4O. The molecule has 5 nitrogen and oxygen atoms in total. The zero-order valence-electron chi connectivity index (χ0n) is 16.2. The van der Waals surface area contributed by atoms with Crippen molar-refractivity contribution in [1.82, 2.24) is 20.4 Å². The fraction of sp³-hybridized carbons (Fsp3) is 0.667. The molecule has 0 unspecified atom stereocenters. The Morgan fingerprint density at radius 1 is 1.00 bits per heavy atom. The minimum Gasteiger partial charge on any atom is -0.338 e. The first-order valence-corrected chi connectivity index (χ1v) is 10.3. The molecule has 2 amide bonds. The zero-order valence-corrected chi connectivity index (χ0v) is 16.2. The van der Waals surface area contributed by atoms with Crippen LogP contribution >= 0.6 is 0 Å². The minimum atomic E-state index is -0.0386. The Kier molecular flexibility index (Phi) is 7.32. The first-order chi connectivity index (χ1) is 12.7. The van der Waals surface area contributed by atoms with Crippen LogP contribution in [0.1, 0.15) is 43.7 Å². The molecule has 26 heavy (non-hydrogen) atoms. The maximum atomic E-state index is 12.1. The first kappa shape index (κ1) is 19.2. The van der Waals surface area contributed by atoms with Crippen molar-refractivity contribution in [3.05, 3.63) is 35.4 Å². The van der Waals surface area contributed by atoms with E-state index in [-0.39, 0.29) is 6.03 Å². The molecule has 0 atom stereocenters. The Balaban J connectivity index is 1.45. The van der Waals surface area contributed by atoms with E-state index in [0.29, 0.717) is 12.5 Å². The van der Waals surface area contributed by atoms with E-state index in [0.717, 1.165) is 45.8 Å². The largest absolute Gasteiger partial charge is 0.338 e. The van der Waals surface area contributed by atoms with Crippen molar-refractivity contribution in [1.29, 1.82) is 0 Å². The van der Waals surface area contributed by atoms with E-state index < -0.39 is 0 Å². The third kappa shape index (κ3) is 5.71. The molecule has 1 saturated heterocycles. The van der Waals surface area contributed by atoms with Crippen LogP contribution in [0.2, 0.25) is 0 Å². The number of rotatable bonds is 7. The number of benzene rings is 1. The van der Waals surface area contributed by atoms with Crippen molar-refractivity contribution < 1.29 is 4.79 Å². The maximum absolute atomic E-state index is 12.1. The van der Waals surface area contributed by atoms with Gasteiger partial charge in [0.25, 0.3) is 0 Å². The predicted molar refractivity (Wildman–Crippen MR) is 106 cm³/mol. The van der Waals surface area contributed by atoms with Crippen molar-refractivity contribution >= 4 is 6.03 Å². The molecule has 1 aliphatic carbocycles. The topological polar surface area (TPSA) is 47.6 Å². The highest BCUT2D eigenvalue weighted by Crippen LogP contribution is 2.23. The van der Waals surface area contributed by atoms with Gasteiger partial charge in [-0.05, 0) is 36.4 Å². The second-order valence-corrected chi connectivity index (χ2v) is 7.69. The lowest BCUT2D eigenvalue weighted by atomic mass is 10.1. The number of likely N-dealkylation sites (N-methyl/N-ethyl adjacent to an activating group) is 1. The molecular weight excluding hydrogens is 324 g/mol. The molecule has 0 bridgehead atoms. The number of piperazine rings is 1. The summed E-state index contributed by atoms with van der Waals surface area (Å²) in [5.41, 5.74) is 2.55. The summed E-state index contributed by atoms with van der Waals surface area (Å²) in [6, 6.07) is 8.45. The zero-order chi connectivity index (χ0) is 18.2. The number of hydrogen-bond acceptors (Lipinski definition) is 3. The number of nitrogens with zero attached hydrogens (tertiary/aromatic N) is 2. The summed E-state index contributed by atoms with van der Waals surface area (Å²) in [5, 5.41) is 6.08. The summed E-state index contributed by atoms with van der Waals surface area (Å²) in [7, 11) is 0. The normalized spacial score (nSPS) is 19.6. The molecule has 2 aliphatic rings. The van der Waals surface area contributed by atoms with Gasteiger partial charge in [-0.15, -0.1) is 0 Å². The smallest absolute Gasteiger partial charge is 0.315 e. The van der Waals surface area contributed by atoms with Crippen LogP contribution < -0.4 is 10.6 Å². The molecule has 3 rings (SSSR count). The lowest BCUT2D eigenvalue weighted by Gasteiger charge is -2.34. The monoisotopic (exact) mass is 358 g/mol. The summed E-state index contributed by atoms with van der Waals surface area (Å²) in [4.78, 5) is 17.1. The third-order valence-corrected chi connectivity index (χ3v) is 5.89. The van der Waals surface area contributed by atoms with Gasteiger partial charge in [0.15, 0.2) is 0 Å². The van der Waals surface area contributed by atoms with Gasteiger partial charge >= 0.3 is 6.03 Å². The van der Waals surface area contributed by atoms with Crippen LogP contribution in [0.5, 0.6) is 0 Å². The van der Waals surface area contributed by atoms with Crippen LogP contribution in [0.15, 0.2) is 24.3 Å². The molecule has 2 fully saturated rings. The Hall–Kier alpha value is -1.59. The fourth-order valence-corrected chi connectivity index (χ4v) is 4.08. The molecule has 1 aromatic rings. The van der Waals surface area contributed by atoms with Crippen LogP contribution in [0.25, 0.3) is 0 Å². The highest BCUT2D eigenvalue weighted by molar-refractivity contribution is 5.73. The number of amides is 2. The highest BCUT2D eigenvalue weighted by atomic mass is 16.2. The van der Waals surface area contributed by atoms with E-state index in [1.807, 2.05) is 0 Å². The predicted octanol–water partition coefficient (Wildman–Crippen LogP) is 2.81. The number of hydrogen-bond donors (Lipinski definition) is 2. The summed E-state index contributed by atoms with van der Waals surface area (Å²) in [5.74, 6) is 0.676. The molecule has 5 heteroatoms.